The second kappa shape index (κ2) is 6.85. The molecule has 0 amide bonds. The predicted molar refractivity (Wildman–Crippen MR) is 111 cm³/mol. The molecular formula is C25H33N. The Labute approximate surface area is 159 Å². The highest BCUT2D eigenvalue weighted by molar-refractivity contribution is 5.48. The third-order valence-corrected chi connectivity index (χ3v) is 7.14. The Morgan fingerprint density at radius 2 is 1.73 bits per heavy atom. The first kappa shape index (κ1) is 17.8. The number of rotatable bonds is 3. The van der Waals surface area contributed by atoms with Crippen LogP contribution in [0.4, 0.5) is 0 Å². The Morgan fingerprint density at radius 3 is 2.38 bits per heavy atom. The van der Waals surface area contributed by atoms with Crippen molar-refractivity contribution in [2.75, 3.05) is 20.1 Å². The van der Waals surface area contributed by atoms with Gasteiger partial charge in [-0.2, -0.15) is 0 Å². The quantitative estimate of drug-likeness (QED) is 0.709. The number of hydrogen-bond donors (Lipinski definition) is 0. The van der Waals surface area contributed by atoms with Crippen LogP contribution < -0.4 is 0 Å². The fourth-order valence-corrected chi connectivity index (χ4v) is 5.55. The van der Waals surface area contributed by atoms with Crippen molar-refractivity contribution in [3.63, 3.8) is 0 Å². The first-order valence-corrected chi connectivity index (χ1v) is 10.4. The smallest absolute Gasteiger partial charge is 0.00365 e. The molecule has 2 atom stereocenters. The van der Waals surface area contributed by atoms with Gasteiger partial charge in [0.25, 0.3) is 0 Å². The standard InChI is InChI=1S/C25H33N/c1-5-19-7-10-22(11-8-19)25(3)17-21-9-6-18(2)16-23(21)24(25)20-12-14-26(4)15-13-20/h6-11,16,20,24H,5,12-15,17H2,1-4H3. The van der Waals surface area contributed by atoms with E-state index in [0.717, 1.165) is 12.3 Å². The van der Waals surface area contributed by atoms with Crippen molar-refractivity contribution in [2.45, 2.75) is 57.8 Å². The summed E-state index contributed by atoms with van der Waals surface area (Å²) in [5.74, 6) is 1.45. The van der Waals surface area contributed by atoms with Crippen molar-refractivity contribution in [1.82, 2.24) is 4.90 Å². The molecule has 1 heteroatoms. The maximum Gasteiger partial charge on any atom is 0.00365 e. The highest BCUT2D eigenvalue weighted by Crippen LogP contribution is 2.54. The summed E-state index contributed by atoms with van der Waals surface area (Å²) in [6.07, 6.45) is 4.97. The summed E-state index contributed by atoms with van der Waals surface area (Å²) in [7, 11) is 2.27. The van der Waals surface area contributed by atoms with Crippen LogP contribution >= 0.6 is 0 Å². The fraction of sp³-hybridized carbons (Fsp3) is 0.520. The maximum atomic E-state index is 2.53. The second-order valence-electron chi connectivity index (χ2n) is 8.97. The van der Waals surface area contributed by atoms with Crippen LogP contribution in [0.5, 0.6) is 0 Å². The monoisotopic (exact) mass is 347 g/mol. The fourth-order valence-electron chi connectivity index (χ4n) is 5.55. The summed E-state index contributed by atoms with van der Waals surface area (Å²) in [6, 6.07) is 16.7. The van der Waals surface area contributed by atoms with E-state index in [1.54, 1.807) is 11.1 Å². The molecule has 0 bridgehead atoms. The van der Waals surface area contributed by atoms with Crippen molar-refractivity contribution in [3.8, 4) is 0 Å². The number of piperidine rings is 1. The highest BCUT2D eigenvalue weighted by atomic mass is 15.1. The molecule has 0 aromatic heterocycles. The van der Waals surface area contributed by atoms with Crippen molar-refractivity contribution < 1.29 is 0 Å². The summed E-state index contributed by atoms with van der Waals surface area (Å²) in [6.45, 7) is 9.51. The topological polar surface area (TPSA) is 3.24 Å². The number of benzene rings is 2. The minimum Gasteiger partial charge on any atom is -0.306 e. The van der Waals surface area contributed by atoms with Crippen molar-refractivity contribution in [1.29, 1.82) is 0 Å². The molecule has 138 valence electrons. The molecule has 0 saturated carbocycles. The molecule has 1 aliphatic heterocycles. The first-order chi connectivity index (χ1) is 12.5. The number of likely N-dealkylation sites (tertiary alicyclic amines) is 1. The minimum absolute atomic E-state index is 0.225. The van der Waals surface area contributed by atoms with Gasteiger partial charge < -0.3 is 4.90 Å². The van der Waals surface area contributed by atoms with Gasteiger partial charge in [-0.1, -0.05) is 61.9 Å². The Bertz CT molecular complexity index is 767. The summed E-state index contributed by atoms with van der Waals surface area (Å²) in [4.78, 5) is 2.50. The van der Waals surface area contributed by atoms with Gasteiger partial charge in [0.1, 0.15) is 0 Å². The van der Waals surface area contributed by atoms with Gasteiger partial charge in [0.05, 0.1) is 0 Å². The van der Waals surface area contributed by atoms with Crippen molar-refractivity contribution in [2.24, 2.45) is 5.92 Å². The SMILES string of the molecule is CCc1ccc(C2(C)Cc3ccc(C)cc3C2C2CCN(C)CC2)cc1. The van der Waals surface area contributed by atoms with Crippen LogP contribution in [0.25, 0.3) is 0 Å². The third-order valence-electron chi connectivity index (χ3n) is 7.14. The zero-order valence-corrected chi connectivity index (χ0v) is 16.9. The second-order valence-corrected chi connectivity index (χ2v) is 8.97. The molecule has 0 radical (unpaired) electrons. The van der Waals surface area contributed by atoms with Crippen molar-refractivity contribution >= 4 is 0 Å². The van der Waals surface area contributed by atoms with E-state index in [1.807, 2.05) is 0 Å². The average Bonchev–Trinajstić information content (AvgIpc) is 2.95. The van der Waals surface area contributed by atoms with E-state index in [9.17, 15) is 0 Å². The van der Waals surface area contributed by atoms with Crippen molar-refractivity contribution in [3.05, 3.63) is 70.3 Å². The van der Waals surface area contributed by atoms with Crippen LogP contribution in [-0.4, -0.2) is 25.0 Å². The number of aryl methyl sites for hydroxylation is 2. The maximum absolute atomic E-state index is 2.53. The number of nitrogens with zero attached hydrogens (tertiary/aromatic N) is 1. The van der Waals surface area contributed by atoms with Gasteiger partial charge in [-0.25, -0.2) is 0 Å². The summed E-state index contributed by atoms with van der Waals surface area (Å²) in [5, 5.41) is 0. The van der Waals surface area contributed by atoms with E-state index in [-0.39, 0.29) is 5.41 Å². The zero-order chi connectivity index (χ0) is 18.3. The zero-order valence-electron chi connectivity index (χ0n) is 16.9. The Balaban J connectivity index is 1.76. The lowest BCUT2D eigenvalue weighted by Gasteiger charge is -2.41. The Kier molecular flexibility index (Phi) is 4.69. The van der Waals surface area contributed by atoms with E-state index in [1.165, 1.54) is 49.0 Å². The normalized spacial score (nSPS) is 26.8. The van der Waals surface area contributed by atoms with Gasteiger partial charge in [-0.3, -0.25) is 0 Å². The Morgan fingerprint density at radius 1 is 1.04 bits per heavy atom. The van der Waals surface area contributed by atoms with Crippen LogP contribution in [-0.2, 0) is 18.3 Å². The number of fused-ring (bicyclic) bond motifs is 1. The molecule has 2 aromatic carbocycles. The van der Waals surface area contributed by atoms with Gasteiger partial charge in [0, 0.05) is 5.41 Å². The van der Waals surface area contributed by atoms with Gasteiger partial charge in [0.2, 0.25) is 0 Å². The highest BCUT2D eigenvalue weighted by Gasteiger charge is 2.47. The van der Waals surface area contributed by atoms with E-state index < -0.39 is 0 Å². The van der Waals surface area contributed by atoms with Gasteiger partial charge in [-0.15, -0.1) is 0 Å². The molecule has 1 saturated heterocycles. The van der Waals surface area contributed by atoms with Crippen LogP contribution in [0, 0.1) is 12.8 Å². The van der Waals surface area contributed by atoms with Gasteiger partial charge in [-0.05, 0) is 86.8 Å². The molecule has 1 heterocycles. The van der Waals surface area contributed by atoms with Crippen LogP contribution in [0.2, 0.25) is 0 Å². The lowest BCUT2D eigenvalue weighted by molar-refractivity contribution is 0.169. The number of hydrogen-bond acceptors (Lipinski definition) is 1. The lowest BCUT2D eigenvalue weighted by atomic mass is 9.65. The van der Waals surface area contributed by atoms with Gasteiger partial charge >= 0.3 is 0 Å². The van der Waals surface area contributed by atoms with Crippen LogP contribution in [0.3, 0.4) is 0 Å². The lowest BCUT2D eigenvalue weighted by Crippen LogP contribution is -2.38. The van der Waals surface area contributed by atoms with E-state index in [2.05, 4.69) is 75.2 Å². The largest absolute Gasteiger partial charge is 0.306 e. The molecule has 0 spiro atoms. The molecule has 2 unspecified atom stereocenters. The third kappa shape index (κ3) is 3.01. The molecule has 1 aliphatic carbocycles. The van der Waals surface area contributed by atoms with E-state index in [4.69, 9.17) is 0 Å². The Hall–Kier alpha value is -1.60. The van der Waals surface area contributed by atoms with E-state index >= 15 is 0 Å². The molecule has 1 fully saturated rings. The average molecular weight is 348 g/mol. The van der Waals surface area contributed by atoms with Crippen LogP contribution in [0.1, 0.15) is 60.4 Å². The van der Waals surface area contributed by atoms with Gasteiger partial charge in [0.15, 0.2) is 0 Å². The molecule has 0 N–H and O–H groups in total. The molecule has 4 rings (SSSR count). The minimum atomic E-state index is 0.225. The molecule has 26 heavy (non-hydrogen) atoms. The van der Waals surface area contributed by atoms with Crippen LogP contribution in [0.15, 0.2) is 42.5 Å². The molecule has 2 aliphatic rings. The molecule has 2 aromatic rings. The first-order valence-electron chi connectivity index (χ1n) is 10.4. The summed E-state index contributed by atoms with van der Waals surface area (Å²) >= 11 is 0. The van der Waals surface area contributed by atoms with E-state index in [0.29, 0.717) is 5.92 Å². The predicted octanol–water partition coefficient (Wildman–Crippen LogP) is 5.50. The summed E-state index contributed by atoms with van der Waals surface area (Å²) < 4.78 is 0. The summed E-state index contributed by atoms with van der Waals surface area (Å²) in [5.41, 5.74) is 7.84. The molecule has 1 nitrogen and oxygen atoms in total. The molecular weight excluding hydrogens is 314 g/mol.